The van der Waals surface area contributed by atoms with Crippen molar-refractivity contribution in [3.8, 4) is 0 Å². The molecule has 0 spiro atoms. The van der Waals surface area contributed by atoms with Crippen molar-refractivity contribution < 1.29 is 0 Å². The molecule has 0 fully saturated rings. The van der Waals surface area contributed by atoms with Crippen LogP contribution in [-0.4, -0.2) is 44.3 Å². The van der Waals surface area contributed by atoms with Gasteiger partial charge in [-0.05, 0) is 6.92 Å². The summed E-state index contributed by atoms with van der Waals surface area (Å²) in [5.74, 6) is 1.05. The van der Waals surface area contributed by atoms with E-state index in [-0.39, 0.29) is 11.5 Å². The van der Waals surface area contributed by atoms with Crippen LogP contribution in [0.2, 0.25) is 0 Å². The summed E-state index contributed by atoms with van der Waals surface area (Å²) in [6, 6.07) is 0. The second-order valence-corrected chi connectivity index (χ2v) is 3.97. The van der Waals surface area contributed by atoms with E-state index in [1.54, 1.807) is 17.9 Å². The zero-order valence-corrected chi connectivity index (χ0v) is 12.2. The van der Waals surface area contributed by atoms with E-state index < -0.39 is 0 Å². The monoisotopic (exact) mass is 264 g/mol. The van der Waals surface area contributed by atoms with Crippen molar-refractivity contribution >= 4 is 22.9 Å². The van der Waals surface area contributed by atoms with Crippen molar-refractivity contribution in [1.29, 1.82) is 0 Å². The van der Waals surface area contributed by atoms with Crippen LogP contribution in [0.15, 0.2) is 16.1 Å². The molecular weight excluding hydrogens is 244 g/mol. The minimum absolute atomic E-state index is 0.277. The largest absolute Gasteiger partial charge is 0.366 e. The molecule has 19 heavy (non-hydrogen) atoms. The van der Waals surface area contributed by atoms with Crippen molar-refractivity contribution in [2.75, 3.05) is 14.1 Å². The smallest absolute Gasteiger partial charge is 0.280 e. The highest BCUT2D eigenvalue weighted by molar-refractivity contribution is 5.81. The van der Waals surface area contributed by atoms with Gasteiger partial charge in [0.2, 0.25) is 5.95 Å². The number of rotatable bonds is 1. The van der Waals surface area contributed by atoms with Gasteiger partial charge in [0.25, 0.3) is 5.56 Å². The molecule has 0 aliphatic carbocycles. The number of aromatic amines is 1. The SMILES string of the molecule is C/C(=N\c1nc2c(ncn2C)c(=O)[nH]1)N(C)C.CC. The Morgan fingerprint density at radius 1 is 1.42 bits per heavy atom. The van der Waals surface area contributed by atoms with E-state index in [4.69, 9.17) is 0 Å². The fraction of sp³-hybridized carbons (Fsp3) is 0.500. The number of nitrogens with one attached hydrogen (secondary N) is 1. The van der Waals surface area contributed by atoms with Gasteiger partial charge in [-0.3, -0.25) is 9.78 Å². The summed E-state index contributed by atoms with van der Waals surface area (Å²) in [5.41, 5.74) is 0.578. The number of imidazole rings is 1. The van der Waals surface area contributed by atoms with Gasteiger partial charge in [0.1, 0.15) is 5.84 Å². The molecule has 0 unspecified atom stereocenters. The molecule has 7 nitrogen and oxygen atoms in total. The van der Waals surface area contributed by atoms with Crippen LogP contribution in [0.4, 0.5) is 5.95 Å². The maximum atomic E-state index is 11.7. The van der Waals surface area contributed by atoms with E-state index in [1.165, 1.54) is 0 Å². The third kappa shape index (κ3) is 3.18. The van der Waals surface area contributed by atoms with E-state index in [2.05, 4.69) is 19.9 Å². The lowest BCUT2D eigenvalue weighted by Gasteiger charge is -2.10. The number of aryl methyl sites for hydroxylation is 1. The first kappa shape index (κ1) is 14.9. The van der Waals surface area contributed by atoms with Gasteiger partial charge in [-0.25, -0.2) is 9.98 Å². The molecule has 0 bridgehead atoms. The molecule has 2 aromatic heterocycles. The molecule has 2 heterocycles. The molecule has 2 aromatic rings. The molecular formula is C12H20N6O. The maximum absolute atomic E-state index is 11.7. The third-order valence-corrected chi connectivity index (χ3v) is 2.47. The van der Waals surface area contributed by atoms with E-state index in [9.17, 15) is 4.79 Å². The third-order valence-electron chi connectivity index (χ3n) is 2.47. The van der Waals surface area contributed by atoms with Gasteiger partial charge in [-0.2, -0.15) is 4.98 Å². The van der Waals surface area contributed by atoms with Crippen molar-refractivity contribution in [2.24, 2.45) is 12.0 Å². The lowest BCUT2D eigenvalue weighted by Crippen LogP contribution is -2.18. The van der Waals surface area contributed by atoms with Crippen LogP contribution in [0.25, 0.3) is 11.2 Å². The maximum Gasteiger partial charge on any atom is 0.280 e. The molecule has 104 valence electrons. The summed E-state index contributed by atoms with van der Waals surface area (Å²) >= 11 is 0. The Kier molecular flexibility index (Phi) is 4.80. The number of H-pyrrole nitrogens is 1. The quantitative estimate of drug-likeness (QED) is 0.622. The Bertz CT molecular complexity index is 637. The zero-order chi connectivity index (χ0) is 14.6. The van der Waals surface area contributed by atoms with Crippen LogP contribution in [-0.2, 0) is 7.05 Å². The van der Waals surface area contributed by atoms with Crippen LogP contribution in [0.5, 0.6) is 0 Å². The van der Waals surface area contributed by atoms with Gasteiger partial charge in [-0.1, -0.05) is 13.8 Å². The van der Waals surface area contributed by atoms with E-state index >= 15 is 0 Å². The van der Waals surface area contributed by atoms with Crippen molar-refractivity contribution in [3.63, 3.8) is 0 Å². The number of aliphatic imine (C=N–C) groups is 1. The lowest BCUT2D eigenvalue weighted by atomic mass is 10.5. The Morgan fingerprint density at radius 3 is 2.63 bits per heavy atom. The fourth-order valence-corrected chi connectivity index (χ4v) is 1.31. The summed E-state index contributed by atoms with van der Waals surface area (Å²) in [4.78, 5) is 28.6. The average molecular weight is 264 g/mol. The molecule has 0 aromatic carbocycles. The Labute approximate surface area is 112 Å². The van der Waals surface area contributed by atoms with Gasteiger partial charge in [0, 0.05) is 21.1 Å². The second kappa shape index (κ2) is 6.12. The van der Waals surface area contributed by atoms with Crippen molar-refractivity contribution in [3.05, 3.63) is 16.7 Å². The molecule has 0 amide bonds. The molecule has 0 aliphatic heterocycles. The van der Waals surface area contributed by atoms with Crippen molar-refractivity contribution in [1.82, 2.24) is 24.4 Å². The van der Waals surface area contributed by atoms with Gasteiger partial charge in [0.05, 0.1) is 6.33 Å². The number of hydrogen-bond donors (Lipinski definition) is 1. The van der Waals surface area contributed by atoms with Crippen LogP contribution < -0.4 is 5.56 Å². The number of hydrogen-bond acceptors (Lipinski definition) is 4. The standard InChI is InChI=1S/C10H14N6O.C2H6/c1-6(15(2)3)12-10-13-8-7(9(17)14-10)11-5-16(8)4;1-2/h5H,1-4H3,(H,13,14,17);1-2H3/b12-6+;. The van der Waals surface area contributed by atoms with Crippen LogP contribution in [0.3, 0.4) is 0 Å². The fourth-order valence-electron chi connectivity index (χ4n) is 1.31. The molecule has 0 aliphatic rings. The predicted octanol–water partition coefficient (Wildman–Crippen LogP) is 1.29. The minimum Gasteiger partial charge on any atom is -0.366 e. The highest BCUT2D eigenvalue weighted by Crippen LogP contribution is 2.08. The number of amidine groups is 1. The van der Waals surface area contributed by atoms with E-state index in [0.29, 0.717) is 11.2 Å². The minimum atomic E-state index is -0.277. The molecule has 1 N–H and O–H groups in total. The van der Waals surface area contributed by atoms with Crippen molar-refractivity contribution in [2.45, 2.75) is 20.8 Å². The second-order valence-electron chi connectivity index (χ2n) is 3.97. The average Bonchev–Trinajstić information content (AvgIpc) is 2.74. The summed E-state index contributed by atoms with van der Waals surface area (Å²) in [6.45, 7) is 5.84. The molecule has 7 heteroatoms. The predicted molar refractivity (Wildman–Crippen MR) is 76.9 cm³/mol. The van der Waals surface area contributed by atoms with Crippen LogP contribution in [0, 0.1) is 0 Å². The highest BCUT2D eigenvalue weighted by atomic mass is 16.1. The summed E-state index contributed by atoms with van der Waals surface area (Å²) < 4.78 is 1.69. The number of aromatic nitrogens is 4. The molecule has 0 saturated heterocycles. The molecule has 0 atom stereocenters. The number of nitrogens with zero attached hydrogens (tertiary/aromatic N) is 5. The zero-order valence-electron chi connectivity index (χ0n) is 12.2. The van der Waals surface area contributed by atoms with E-state index in [1.807, 2.05) is 39.8 Å². The first-order chi connectivity index (χ1) is 8.99. The number of fused-ring (bicyclic) bond motifs is 1. The Hall–Kier alpha value is -2.18. The normalized spacial score (nSPS) is 11.2. The topological polar surface area (TPSA) is 79.2 Å². The van der Waals surface area contributed by atoms with Gasteiger partial charge >= 0.3 is 0 Å². The van der Waals surface area contributed by atoms with Gasteiger partial charge in [0.15, 0.2) is 11.2 Å². The first-order valence-electron chi connectivity index (χ1n) is 6.13. The van der Waals surface area contributed by atoms with Crippen LogP contribution in [0.1, 0.15) is 20.8 Å². The Morgan fingerprint density at radius 2 is 2.05 bits per heavy atom. The highest BCUT2D eigenvalue weighted by Gasteiger charge is 2.08. The summed E-state index contributed by atoms with van der Waals surface area (Å²) in [5, 5.41) is 0. The first-order valence-corrected chi connectivity index (χ1v) is 6.13. The van der Waals surface area contributed by atoms with Gasteiger partial charge in [-0.15, -0.1) is 0 Å². The van der Waals surface area contributed by atoms with Crippen LogP contribution >= 0.6 is 0 Å². The molecule has 2 rings (SSSR count). The Balaban J connectivity index is 0.000000861. The summed E-state index contributed by atoms with van der Waals surface area (Å²) in [7, 11) is 5.53. The summed E-state index contributed by atoms with van der Waals surface area (Å²) in [6.07, 6.45) is 1.55. The molecule has 0 saturated carbocycles. The molecule has 0 radical (unpaired) electrons. The lowest BCUT2D eigenvalue weighted by molar-refractivity contribution is 0.618. The van der Waals surface area contributed by atoms with E-state index in [0.717, 1.165) is 5.84 Å². The van der Waals surface area contributed by atoms with Gasteiger partial charge < -0.3 is 9.47 Å².